The van der Waals surface area contributed by atoms with Crippen molar-refractivity contribution in [2.75, 3.05) is 12.5 Å². The molecule has 0 spiro atoms. The molecule has 1 aromatic carbocycles. The summed E-state index contributed by atoms with van der Waals surface area (Å²) in [4.78, 5) is 0. The Morgan fingerprint density at radius 3 is 2.50 bits per heavy atom. The lowest BCUT2D eigenvalue weighted by atomic mass is 10.2. The number of benzene rings is 1. The van der Waals surface area contributed by atoms with Crippen molar-refractivity contribution in [3.8, 4) is 0 Å². The van der Waals surface area contributed by atoms with E-state index >= 15 is 0 Å². The Bertz CT molecular complexity index is 218. The Labute approximate surface area is 78.3 Å². The zero-order chi connectivity index (χ0) is 8.81. The van der Waals surface area contributed by atoms with E-state index in [0.29, 0.717) is 19.1 Å². The molecule has 0 N–H and O–H groups in total. The second-order valence-electron chi connectivity index (χ2n) is 2.73. The maximum absolute atomic E-state index is 5.47. The van der Waals surface area contributed by atoms with Crippen molar-refractivity contribution < 1.29 is 4.74 Å². The Kier molecular flexibility index (Phi) is 4.12. The average Bonchev–Trinajstić information content (AvgIpc) is 2.09. The van der Waals surface area contributed by atoms with Crippen molar-refractivity contribution in [2.45, 2.75) is 13.5 Å². The number of aryl methyl sites for hydroxylation is 1. The van der Waals surface area contributed by atoms with E-state index in [2.05, 4.69) is 31.2 Å². The van der Waals surface area contributed by atoms with Crippen LogP contribution in [-0.4, -0.2) is 12.5 Å². The molecule has 0 fully saturated rings. The highest BCUT2D eigenvalue weighted by Gasteiger charge is 1.91. The third-order valence-electron chi connectivity index (χ3n) is 1.61. The van der Waals surface area contributed by atoms with Crippen LogP contribution in [-0.2, 0) is 11.3 Å². The van der Waals surface area contributed by atoms with Crippen LogP contribution < -0.4 is 0 Å². The molecule has 0 heterocycles. The molecule has 0 atom stereocenters. The second kappa shape index (κ2) is 5.18. The van der Waals surface area contributed by atoms with Crippen molar-refractivity contribution in [2.24, 2.45) is 0 Å². The van der Waals surface area contributed by atoms with Gasteiger partial charge in [-0.2, -0.15) is 0 Å². The van der Waals surface area contributed by atoms with Gasteiger partial charge < -0.3 is 4.74 Å². The summed E-state index contributed by atoms with van der Waals surface area (Å²) in [5.41, 5.74) is 2.47. The topological polar surface area (TPSA) is 9.23 Å². The van der Waals surface area contributed by atoms with Gasteiger partial charge >= 0.3 is 0 Å². The maximum Gasteiger partial charge on any atom is 0.0717 e. The summed E-state index contributed by atoms with van der Waals surface area (Å²) in [6, 6.07) is 8.31. The molecular weight excluding hydrogens is 172 g/mol. The van der Waals surface area contributed by atoms with Crippen LogP contribution in [0.15, 0.2) is 24.3 Å². The molecule has 0 bridgehead atoms. The van der Waals surface area contributed by atoms with Crippen molar-refractivity contribution in [3.05, 3.63) is 35.4 Å². The lowest BCUT2D eigenvalue weighted by molar-refractivity contribution is 0.136. The Morgan fingerprint density at radius 1 is 1.25 bits per heavy atom. The summed E-state index contributed by atoms with van der Waals surface area (Å²) in [5.74, 6) is 0.561. The van der Waals surface area contributed by atoms with Gasteiger partial charge in [-0.05, 0) is 12.5 Å². The first kappa shape index (κ1) is 9.56. The lowest BCUT2D eigenvalue weighted by Gasteiger charge is -2.01. The highest BCUT2D eigenvalue weighted by molar-refractivity contribution is 6.17. The zero-order valence-corrected chi connectivity index (χ0v) is 7.97. The van der Waals surface area contributed by atoms with Crippen LogP contribution in [0.4, 0.5) is 0 Å². The summed E-state index contributed by atoms with van der Waals surface area (Å²) in [7, 11) is 0. The van der Waals surface area contributed by atoms with Gasteiger partial charge in [0.25, 0.3) is 0 Å². The number of hydrogen-bond donors (Lipinski definition) is 0. The molecule has 0 saturated heterocycles. The van der Waals surface area contributed by atoms with Gasteiger partial charge in [-0.3, -0.25) is 0 Å². The molecule has 1 nitrogen and oxygen atoms in total. The third-order valence-corrected chi connectivity index (χ3v) is 1.77. The monoisotopic (exact) mass is 184 g/mol. The first-order valence-corrected chi connectivity index (χ1v) is 4.55. The van der Waals surface area contributed by atoms with Gasteiger partial charge in [0.1, 0.15) is 0 Å². The normalized spacial score (nSPS) is 10.2. The van der Waals surface area contributed by atoms with Crippen LogP contribution in [0.25, 0.3) is 0 Å². The van der Waals surface area contributed by atoms with Crippen LogP contribution >= 0.6 is 11.6 Å². The van der Waals surface area contributed by atoms with E-state index in [0.717, 1.165) is 0 Å². The van der Waals surface area contributed by atoms with E-state index in [1.165, 1.54) is 11.1 Å². The number of rotatable bonds is 4. The quantitative estimate of drug-likeness (QED) is 0.517. The van der Waals surface area contributed by atoms with Crippen molar-refractivity contribution in [1.29, 1.82) is 0 Å². The summed E-state index contributed by atoms with van der Waals surface area (Å²) >= 11 is 5.47. The van der Waals surface area contributed by atoms with Crippen molar-refractivity contribution in [3.63, 3.8) is 0 Å². The SMILES string of the molecule is Cc1ccc(COCCCl)cc1. The maximum atomic E-state index is 5.47. The van der Waals surface area contributed by atoms with Gasteiger partial charge in [0.15, 0.2) is 0 Å². The number of alkyl halides is 1. The van der Waals surface area contributed by atoms with Crippen LogP contribution in [0.5, 0.6) is 0 Å². The molecule has 2 heteroatoms. The molecule has 0 unspecified atom stereocenters. The first-order chi connectivity index (χ1) is 5.83. The molecular formula is C10H13ClO. The van der Waals surface area contributed by atoms with Gasteiger partial charge in [0.2, 0.25) is 0 Å². The highest BCUT2D eigenvalue weighted by atomic mass is 35.5. The molecule has 0 aliphatic heterocycles. The number of halogens is 1. The molecule has 1 aromatic rings. The highest BCUT2D eigenvalue weighted by Crippen LogP contribution is 2.04. The standard InChI is InChI=1S/C10H13ClO/c1-9-2-4-10(5-3-9)8-12-7-6-11/h2-5H,6-8H2,1H3. The average molecular weight is 185 g/mol. The predicted molar refractivity (Wildman–Crippen MR) is 51.6 cm³/mol. The Hall–Kier alpha value is -0.530. The van der Waals surface area contributed by atoms with Gasteiger partial charge in [-0.25, -0.2) is 0 Å². The van der Waals surface area contributed by atoms with Crippen LogP contribution in [0.2, 0.25) is 0 Å². The van der Waals surface area contributed by atoms with E-state index in [-0.39, 0.29) is 0 Å². The molecule has 66 valence electrons. The summed E-state index contributed by atoms with van der Waals surface area (Å²) in [6.07, 6.45) is 0. The number of ether oxygens (including phenoxy) is 1. The third kappa shape index (κ3) is 3.24. The predicted octanol–water partition coefficient (Wildman–Crippen LogP) is 2.75. The minimum atomic E-state index is 0.561. The second-order valence-corrected chi connectivity index (χ2v) is 3.11. The smallest absolute Gasteiger partial charge is 0.0717 e. The molecule has 0 amide bonds. The number of hydrogen-bond acceptors (Lipinski definition) is 1. The fourth-order valence-electron chi connectivity index (χ4n) is 0.929. The van der Waals surface area contributed by atoms with E-state index in [9.17, 15) is 0 Å². The molecule has 0 radical (unpaired) electrons. The minimum absolute atomic E-state index is 0.561. The molecule has 12 heavy (non-hydrogen) atoms. The largest absolute Gasteiger partial charge is 0.376 e. The molecule has 0 aromatic heterocycles. The van der Waals surface area contributed by atoms with Gasteiger partial charge in [-0.1, -0.05) is 29.8 Å². The van der Waals surface area contributed by atoms with E-state index in [1.54, 1.807) is 0 Å². The molecule has 0 aliphatic rings. The Balaban J connectivity index is 2.37. The van der Waals surface area contributed by atoms with E-state index in [1.807, 2.05) is 0 Å². The first-order valence-electron chi connectivity index (χ1n) is 4.02. The van der Waals surface area contributed by atoms with Crippen molar-refractivity contribution in [1.82, 2.24) is 0 Å². The van der Waals surface area contributed by atoms with E-state index in [4.69, 9.17) is 16.3 Å². The van der Waals surface area contributed by atoms with Gasteiger partial charge in [0, 0.05) is 5.88 Å². The minimum Gasteiger partial charge on any atom is -0.376 e. The Morgan fingerprint density at radius 2 is 1.92 bits per heavy atom. The van der Waals surface area contributed by atoms with Crippen LogP contribution in [0, 0.1) is 6.92 Å². The fraction of sp³-hybridized carbons (Fsp3) is 0.400. The molecule has 0 saturated carbocycles. The summed E-state index contributed by atoms with van der Waals surface area (Å²) in [5, 5.41) is 0. The molecule has 0 aliphatic carbocycles. The summed E-state index contributed by atoms with van der Waals surface area (Å²) in [6.45, 7) is 3.35. The molecule has 1 rings (SSSR count). The van der Waals surface area contributed by atoms with Gasteiger partial charge in [0.05, 0.1) is 13.2 Å². The fourth-order valence-corrected chi connectivity index (χ4v) is 1.04. The van der Waals surface area contributed by atoms with E-state index < -0.39 is 0 Å². The van der Waals surface area contributed by atoms with Crippen molar-refractivity contribution >= 4 is 11.6 Å². The summed E-state index contributed by atoms with van der Waals surface area (Å²) < 4.78 is 5.28. The zero-order valence-electron chi connectivity index (χ0n) is 7.22. The van der Waals surface area contributed by atoms with Crippen LogP contribution in [0.1, 0.15) is 11.1 Å². The van der Waals surface area contributed by atoms with Crippen LogP contribution in [0.3, 0.4) is 0 Å². The van der Waals surface area contributed by atoms with Gasteiger partial charge in [-0.15, -0.1) is 11.6 Å². The lowest BCUT2D eigenvalue weighted by Crippen LogP contribution is -1.95.